The average molecular weight is 414 g/mol. The summed E-state index contributed by atoms with van der Waals surface area (Å²) in [5.41, 5.74) is 4.84. The van der Waals surface area contributed by atoms with Crippen molar-refractivity contribution < 1.29 is 19.5 Å². The van der Waals surface area contributed by atoms with Crippen LogP contribution in [-0.2, 0) is 45.4 Å². The molecule has 0 aliphatic rings. The van der Waals surface area contributed by atoms with Gasteiger partial charge >= 0.3 is 0 Å². The summed E-state index contributed by atoms with van der Waals surface area (Å²) in [6.45, 7) is 5.66. The molecule has 2 aromatic heterocycles. The van der Waals surface area contributed by atoms with E-state index in [1.807, 2.05) is 36.4 Å². The van der Waals surface area contributed by atoms with Gasteiger partial charge in [0, 0.05) is 43.3 Å². The Labute approximate surface area is 177 Å². The molecule has 3 aromatic rings. The molecule has 0 atom stereocenters. The third-order valence-corrected chi connectivity index (χ3v) is 3.84. The summed E-state index contributed by atoms with van der Waals surface area (Å²) in [7, 11) is 0. The number of aryl methyl sites for hydroxylation is 2. The fourth-order valence-corrected chi connectivity index (χ4v) is 2.28. The molecule has 0 saturated heterocycles. The summed E-state index contributed by atoms with van der Waals surface area (Å²) in [6.07, 6.45) is 5.85. The molecule has 0 radical (unpaired) electrons. The normalized spacial score (nSPS) is 9.26. The molecule has 0 unspecified atom stereocenters. The molecule has 0 aliphatic heterocycles. The molecule has 0 saturated carbocycles. The number of aromatic nitrogens is 2. The second-order valence-electron chi connectivity index (χ2n) is 5.71. The predicted molar refractivity (Wildman–Crippen MR) is 111 cm³/mol. The Morgan fingerprint density at radius 3 is 1.37 bits per heavy atom. The molecular weight excluding hydrogens is 384 g/mol. The SMILES string of the molecule is C.CCc1ccc(CC)cc1.[Zn].c1ccc(C[N-]Cc2ccccn2)nc1. The maximum atomic E-state index is 4.39. The molecule has 0 N–H and O–H groups in total. The van der Waals surface area contributed by atoms with Crippen LogP contribution in [0.1, 0.15) is 43.8 Å². The Hall–Kier alpha value is -1.90. The monoisotopic (exact) mass is 412 g/mol. The van der Waals surface area contributed by atoms with Crippen molar-refractivity contribution in [2.24, 2.45) is 0 Å². The molecule has 4 heteroatoms. The van der Waals surface area contributed by atoms with E-state index in [1.165, 1.54) is 11.1 Å². The van der Waals surface area contributed by atoms with Gasteiger partial charge in [0.1, 0.15) is 0 Å². The van der Waals surface area contributed by atoms with Crippen molar-refractivity contribution in [2.45, 2.75) is 47.2 Å². The number of hydrogen-bond donors (Lipinski definition) is 0. The molecule has 0 amide bonds. The zero-order valence-corrected chi connectivity index (χ0v) is 18.8. The number of nitrogens with zero attached hydrogens (tertiary/aromatic N) is 3. The van der Waals surface area contributed by atoms with Crippen molar-refractivity contribution in [3.05, 3.63) is 101 Å². The molecule has 3 nitrogen and oxygen atoms in total. The third kappa shape index (κ3) is 10.1. The summed E-state index contributed by atoms with van der Waals surface area (Å²) >= 11 is 0. The molecule has 0 fully saturated rings. The summed E-state index contributed by atoms with van der Waals surface area (Å²) in [6, 6.07) is 20.5. The molecule has 140 valence electrons. The van der Waals surface area contributed by atoms with Crippen LogP contribution in [-0.4, -0.2) is 9.97 Å². The standard InChI is InChI=1S/C12H12N3.C10H14.CH4.Zn/c1-3-7-14-11(5-1)9-13-10-12-6-2-4-8-15-12;1-3-9-5-7-10(4-2)8-6-9;;/h1-8H,9-10H2;5-8H,3-4H2,1-2H3;1H4;/q-1;;;. The summed E-state index contributed by atoms with van der Waals surface area (Å²) in [4.78, 5) is 8.39. The van der Waals surface area contributed by atoms with E-state index in [4.69, 9.17) is 0 Å². The maximum Gasteiger partial charge on any atom is 0.0270 e. The van der Waals surface area contributed by atoms with Gasteiger partial charge in [-0.25, -0.2) is 0 Å². The number of pyridine rings is 2. The van der Waals surface area contributed by atoms with E-state index in [1.54, 1.807) is 12.4 Å². The van der Waals surface area contributed by atoms with E-state index in [0.717, 1.165) is 24.2 Å². The fraction of sp³-hybridized carbons (Fsp3) is 0.304. The minimum Gasteiger partial charge on any atom is -0.652 e. The van der Waals surface area contributed by atoms with Crippen molar-refractivity contribution in [2.75, 3.05) is 0 Å². The van der Waals surface area contributed by atoms with Gasteiger partial charge < -0.3 is 5.32 Å². The predicted octanol–water partition coefficient (Wildman–Crippen LogP) is 6.00. The summed E-state index contributed by atoms with van der Waals surface area (Å²) < 4.78 is 0. The largest absolute Gasteiger partial charge is 0.652 e. The molecule has 3 rings (SSSR count). The molecule has 0 aliphatic carbocycles. The minimum absolute atomic E-state index is 0. The minimum atomic E-state index is 0. The summed E-state index contributed by atoms with van der Waals surface area (Å²) in [5.74, 6) is 0. The number of hydrogen-bond acceptors (Lipinski definition) is 2. The van der Waals surface area contributed by atoms with E-state index in [-0.39, 0.29) is 26.9 Å². The molecular formula is C23H30N3Zn-. The van der Waals surface area contributed by atoms with Crippen molar-refractivity contribution in [3.63, 3.8) is 0 Å². The number of rotatable bonds is 6. The first kappa shape index (κ1) is 25.1. The Bertz CT molecular complexity index is 638. The maximum absolute atomic E-state index is 4.39. The van der Waals surface area contributed by atoms with E-state index < -0.39 is 0 Å². The van der Waals surface area contributed by atoms with E-state index >= 15 is 0 Å². The zero-order valence-electron chi connectivity index (χ0n) is 15.8. The second-order valence-corrected chi connectivity index (χ2v) is 5.71. The Balaban J connectivity index is 0.000000500. The van der Waals surface area contributed by atoms with Crippen molar-refractivity contribution in [3.8, 4) is 0 Å². The quantitative estimate of drug-likeness (QED) is 0.465. The van der Waals surface area contributed by atoms with Crippen LogP contribution in [0.4, 0.5) is 0 Å². The summed E-state index contributed by atoms with van der Waals surface area (Å²) in [5, 5.41) is 4.39. The van der Waals surface area contributed by atoms with Gasteiger partial charge in [0.2, 0.25) is 0 Å². The molecule has 2 heterocycles. The smallest absolute Gasteiger partial charge is 0.0270 e. The first-order chi connectivity index (χ1) is 12.3. The Kier molecular flexibility index (Phi) is 14.1. The topological polar surface area (TPSA) is 39.9 Å². The molecule has 27 heavy (non-hydrogen) atoms. The molecule has 1 aromatic carbocycles. The van der Waals surface area contributed by atoms with E-state index in [9.17, 15) is 0 Å². The van der Waals surface area contributed by atoms with Crippen LogP contribution < -0.4 is 0 Å². The van der Waals surface area contributed by atoms with Gasteiger partial charge in [0.15, 0.2) is 0 Å². The van der Waals surface area contributed by atoms with E-state index in [2.05, 4.69) is 53.4 Å². The van der Waals surface area contributed by atoms with Crippen LogP contribution >= 0.6 is 0 Å². The number of benzene rings is 1. The van der Waals surface area contributed by atoms with Gasteiger partial charge in [0.25, 0.3) is 0 Å². The van der Waals surface area contributed by atoms with Crippen LogP contribution in [0.25, 0.3) is 5.32 Å². The van der Waals surface area contributed by atoms with Crippen LogP contribution in [0.2, 0.25) is 0 Å². The average Bonchev–Trinajstić information content (AvgIpc) is 2.70. The van der Waals surface area contributed by atoms with E-state index in [0.29, 0.717) is 13.1 Å². The Morgan fingerprint density at radius 1 is 0.667 bits per heavy atom. The fourth-order valence-electron chi connectivity index (χ4n) is 2.28. The molecule has 0 spiro atoms. The van der Waals surface area contributed by atoms with Crippen LogP contribution in [0.15, 0.2) is 73.1 Å². The van der Waals surface area contributed by atoms with Crippen LogP contribution in [0.5, 0.6) is 0 Å². The second kappa shape index (κ2) is 15.2. The molecule has 0 bridgehead atoms. The first-order valence-electron chi connectivity index (χ1n) is 8.82. The van der Waals surface area contributed by atoms with Gasteiger partial charge in [-0.15, -0.1) is 13.1 Å². The van der Waals surface area contributed by atoms with Crippen LogP contribution in [0.3, 0.4) is 0 Å². The van der Waals surface area contributed by atoms with Gasteiger partial charge in [-0.05, 0) is 48.2 Å². The first-order valence-corrected chi connectivity index (χ1v) is 8.82. The zero-order chi connectivity index (χ0) is 17.7. The van der Waals surface area contributed by atoms with Gasteiger partial charge in [-0.3, -0.25) is 9.97 Å². The van der Waals surface area contributed by atoms with Crippen molar-refractivity contribution in [1.29, 1.82) is 0 Å². The van der Waals surface area contributed by atoms with Gasteiger partial charge in [-0.2, -0.15) is 0 Å². The third-order valence-electron chi connectivity index (χ3n) is 3.84. The van der Waals surface area contributed by atoms with Crippen LogP contribution in [0, 0.1) is 0 Å². The van der Waals surface area contributed by atoms with Crippen molar-refractivity contribution in [1.82, 2.24) is 9.97 Å². The Morgan fingerprint density at radius 2 is 1.07 bits per heavy atom. The van der Waals surface area contributed by atoms with Gasteiger partial charge in [-0.1, -0.05) is 57.7 Å². The van der Waals surface area contributed by atoms with Gasteiger partial charge in [0.05, 0.1) is 0 Å². The van der Waals surface area contributed by atoms with Crippen molar-refractivity contribution >= 4 is 0 Å².